The zero-order valence-corrected chi connectivity index (χ0v) is 9.88. The number of carbonyl (C=O) groups excluding carboxylic acids is 1. The lowest BCUT2D eigenvalue weighted by Crippen LogP contribution is -2.33. The van der Waals surface area contributed by atoms with Gasteiger partial charge in [-0.25, -0.2) is 0 Å². The Balaban J connectivity index is 2.26. The summed E-state index contributed by atoms with van der Waals surface area (Å²) in [6, 6.07) is 0. The van der Waals surface area contributed by atoms with Gasteiger partial charge in [0, 0.05) is 12.3 Å². The van der Waals surface area contributed by atoms with Crippen LogP contribution in [0.3, 0.4) is 0 Å². The van der Waals surface area contributed by atoms with Gasteiger partial charge >= 0.3 is 5.97 Å². The predicted octanol–water partition coefficient (Wildman–Crippen LogP) is 3.28. The molecular formula is C13H20O2. The molecule has 1 saturated heterocycles. The van der Waals surface area contributed by atoms with E-state index in [-0.39, 0.29) is 11.4 Å². The van der Waals surface area contributed by atoms with Gasteiger partial charge in [-0.05, 0) is 36.7 Å². The van der Waals surface area contributed by atoms with Crippen LogP contribution >= 0.6 is 0 Å². The largest absolute Gasteiger partial charge is 0.431 e. The summed E-state index contributed by atoms with van der Waals surface area (Å²) < 4.78 is 5.38. The molecule has 0 spiro atoms. The molecule has 0 amide bonds. The lowest BCUT2D eigenvalue weighted by molar-refractivity contribution is -0.146. The molecule has 2 nitrogen and oxygen atoms in total. The summed E-state index contributed by atoms with van der Waals surface area (Å²) in [6.07, 6.45) is 6.30. The zero-order chi connectivity index (χ0) is 11.1. The van der Waals surface area contributed by atoms with Crippen molar-refractivity contribution in [3.05, 3.63) is 11.8 Å². The summed E-state index contributed by atoms with van der Waals surface area (Å²) in [6.45, 7) is 6.61. The first-order chi connectivity index (χ1) is 7.04. The fourth-order valence-corrected chi connectivity index (χ4v) is 2.68. The summed E-state index contributed by atoms with van der Waals surface area (Å²) in [7, 11) is 0. The third kappa shape index (κ3) is 1.95. The van der Waals surface area contributed by atoms with Crippen LogP contribution in [0, 0.1) is 17.3 Å². The highest BCUT2D eigenvalue weighted by atomic mass is 16.5. The van der Waals surface area contributed by atoms with E-state index in [2.05, 4.69) is 26.8 Å². The van der Waals surface area contributed by atoms with E-state index in [4.69, 9.17) is 4.74 Å². The molecule has 0 radical (unpaired) electrons. The van der Waals surface area contributed by atoms with Crippen LogP contribution in [0.25, 0.3) is 0 Å². The van der Waals surface area contributed by atoms with Crippen molar-refractivity contribution in [3.8, 4) is 0 Å². The molecule has 0 bridgehead atoms. The summed E-state index contributed by atoms with van der Waals surface area (Å²) >= 11 is 0. The van der Waals surface area contributed by atoms with Gasteiger partial charge in [0.2, 0.25) is 0 Å². The van der Waals surface area contributed by atoms with Crippen molar-refractivity contribution in [2.45, 2.75) is 46.5 Å². The number of fused-ring (bicyclic) bond motifs is 1. The molecule has 2 rings (SSSR count). The van der Waals surface area contributed by atoms with Crippen LogP contribution in [0.1, 0.15) is 46.5 Å². The minimum Gasteiger partial charge on any atom is -0.431 e. The fraction of sp³-hybridized carbons (Fsp3) is 0.769. The first-order valence-corrected chi connectivity index (χ1v) is 5.97. The van der Waals surface area contributed by atoms with Gasteiger partial charge in [-0.3, -0.25) is 4.79 Å². The van der Waals surface area contributed by atoms with Crippen molar-refractivity contribution in [2.24, 2.45) is 17.3 Å². The van der Waals surface area contributed by atoms with Crippen LogP contribution in [0.15, 0.2) is 11.8 Å². The van der Waals surface area contributed by atoms with Crippen molar-refractivity contribution >= 4 is 5.97 Å². The van der Waals surface area contributed by atoms with Gasteiger partial charge in [-0.2, -0.15) is 0 Å². The van der Waals surface area contributed by atoms with Crippen molar-refractivity contribution in [2.75, 3.05) is 0 Å². The standard InChI is InChI=1S/C13H20O2/c1-4-13(3)6-5-10-9(2)7-12(14)15-11(10)8-13/h8-10H,4-7H2,1-3H3. The molecule has 0 saturated carbocycles. The molecule has 1 heterocycles. The molecule has 1 fully saturated rings. The third-order valence-corrected chi connectivity index (χ3v) is 4.10. The third-order valence-electron chi connectivity index (χ3n) is 4.10. The van der Waals surface area contributed by atoms with Crippen molar-refractivity contribution < 1.29 is 9.53 Å². The van der Waals surface area contributed by atoms with Gasteiger partial charge in [0.25, 0.3) is 0 Å². The molecule has 0 aromatic rings. The van der Waals surface area contributed by atoms with Gasteiger partial charge in [0.05, 0.1) is 0 Å². The molecule has 0 aromatic carbocycles. The Morgan fingerprint density at radius 1 is 1.60 bits per heavy atom. The van der Waals surface area contributed by atoms with E-state index in [0.29, 0.717) is 18.3 Å². The maximum atomic E-state index is 11.4. The molecule has 1 aliphatic heterocycles. The highest BCUT2D eigenvalue weighted by Gasteiger charge is 2.38. The Labute approximate surface area is 91.7 Å². The monoisotopic (exact) mass is 208 g/mol. The second-order valence-corrected chi connectivity index (χ2v) is 5.35. The van der Waals surface area contributed by atoms with Crippen molar-refractivity contribution in [3.63, 3.8) is 0 Å². The van der Waals surface area contributed by atoms with Gasteiger partial charge in [-0.1, -0.05) is 20.8 Å². The van der Waals surface area contributed by atoms with E-state index in [1.165, 1.54) is 12.8 Å². The predicted molar refractivity (Wildman–Crippen MR) is 59.1 cm³/mol. The highest BCUT2D eigenvalue weighted by molar-refractivity contribution is 5.72. The average Bonchev–Trinajstić information content (AvgIpc) is 2.16. The molecule has 0 aromatic heterocycles. The number of esters is 1. The van der Waals surface area contributed by atoms with E-state index in [0.717, 1.165) is 12.2 Å². The van der Waals surface area contributed by atoms with Crippen LogP contribution in [-0.4, -0.2) is 5.97 Å². The summed E-state index contributed by atoms with van der Waals surface area (Å²) in [5, 5.41) is 0. The highest BCUT2D eigenvalue weighted by Crippen LogP contribution is 2.45. The molecular weight excluding hydrogens is 188 g/mol. The van der Waals surface area contributed by atoms with Crippen molar-refractivity contribution in [1.82, 2.24) is 0 Å². The van der Waals surface area contributed by atoms with E-state index in [9.17, 15) is 4.79 Å². The number of carbonyl (C=O) groups is 1. The number of ether oxygens (including phenoxy) is 1. The second-order valence-electron chi connectivity index (χ2n) is 5.35. The maximum Gasteiger partial charge on any atom is 0.311 e. The summed E-state index contributed by atoms with van der Waals surface area (Å²) in [4.78, 5) is 11.4. The quantitative estimate of drug-likeness (QED) is 0.618. The number of allylic oxidation sites excluding steroid dienone is 2. The minimum atomic E-state index is -0.0506. The zero-order valence-electron chi connectivity index (χ0n) is 9.88. The molecule has 2 heteroatoms. The molecule has 1 aliphatic carbocycles. The molecule has 2 aliphatic rings. The van der Waals surface area contributed by atoms with E-state index >= 15 is 0 Å². The normalized spacial score (nSPS) is 40.5. The topological polar surface area (TPSA) is 26.3 Å². The molecule has 15 heavy (non-hydrogen) atoms. The first-order valence-electron chi connectivity index (χ1n) is 5.97. The van der Waals surface area contributed by atoms with Gasteiger partial charge in [0.15, 0.2) is 0 Å². The molecule has 84 valence electrons. The van der Waals surface area contributed by atoms with Crippen molar-refractivity contribution in [1.29, 1.82) is 0 Å². The van der Waals surface area contributed by atoms with Crippen LogP contribution in [0.5, 0.6) is 0 Å². The van der Waals surface area contributed by atoms with Gasteiger partial charge in [-0.15, -0.1) is 0 Å². The Morgan fingerprint density at radius 2 is 2.33 bits per heavy atom. The smallest absolute Gasteiger partial charge is 0.311 e. The number of hydrogen-bond donors (Lipinski definition) is 0. The van der Waals surface area contributed by atoms with E-state index in [1.54, 1.807) is 0 Å². The minimum absolute atomic E-state index is 0.0506. The Hall–Kier alpha value is -0.790. The SMILES string of the molecule is CCC1(C)C=C2OC(=O)CC(C)C2CC1. The van der Waals surface area contributed by atoms with E-state index < -0.39 is 0 Å². The maximum absolute atomic E-state index is 11.4. The molecule has 3 unspecified atom stereocenters. The summed E-state index contributed by atoms with van der Waals surface area (Å²) in [5.74, 6) is 1.85. The molecule has 3 atom stereocenters. The lowest BCUT2D eigenvalue weighted by atomic mass is 9.70. The lowest BCUT2D eigenvalue weighted by Gasteiger charge is -2.39. The van der Waals surface area contributed by atoms with Crippen LogP contribution in [0.4, 0.5) is 0 Å². The number of hydrogen-bond acceptors (Lipinski definition) is 2. The van der Waals surface area contributed by atoms with Gasteiger partial charge in [0.1, 0.15) is 5.76 Å². The summed E-state index contributed by atoms with van der Waals surface area (Å²) in [5.41, 5.74) is 0.239. The second kappa shape index (κ2) is 3.66. The fourth-order valence-electron chi connectivity index (χ4n) is 2.68. The van der Waals surface area contributed by atoms with Crippen LogP contribution in [0.2, 0.25) is 0 Å². The first kappa shape index (κ1) is 10.7. The average molecular weight is 208 g/mol. The van der Waals surface area contributed by atoms with Gasteiger partial charge < -0.3 is 4.74 Å². The Morgan fingerprint density at radius 3 is 3.00 bits per heavy atom. The van der Waals surface area contributed by atoms with E-state index in [1.807, 2.05) is 0 Å². The Bertz CT molecular complexity index is 306. The van der Waals surface area contributed by atoms with Crippen LogP contribution < -0.4 is 0 Å². The molecule has 0 N–H and O–H groups in total. The number of rotatable bonds is 1. The van der Waals surface area contributed by atoms with Crippen LogP contribution in [-0.2, 0) is 9.53 Å². The Kier molecular flexibility index (Phi) is 2.61.